The zero-order chi connectivity index (χ0) is 9.52. The van der Waals surface area contributed by atoms with Crippen molar-refractivity contribution in [1.29, 1.82) is 0 Å². The topological polar surface area (TPSA) is 12.0 Å². The molecule has 0 heterocycles. The monoisotopic (exact) mass is 177 g/mol. The van der Waals surface area contributed by atoms with Crippen LogP contribution < -0.4 is 5.32 Å². The molecule has 1 aromatic rings. The van der Waals surface area contributed by atoms with Gasteiger partial charge >= 0.3 is 0 Å². The summed E-state index contributed by atoms with van der Waals surface area (Å²) in [6.45, 7) is 5.53. The van der Waals surface area contributed by atoms with Crippen molar-refractivity contribution in [3.8, 4) is 0 Å². The minimum Gasteiger partial charge on any atom is -0.310 e. The molecule has 0 bridgehead atoms. The average molecular weight is 177 g/mol. The molecular weight excluding hydrogens is 158 g/mol. The van der Waals surface area contributed by atoms with Gasteiger partial charge in [0.1, 0.15) is 0 Å². The molecule has 1 aromatic carbocycles. The second-order valence-electron chi connectivity index (χ2n) is 3.33. The van der Waals surface area contributed by atoms with Gasteiger partial charge < -0.3 is 5.32 Å². The van der Waals surface area contributed by atoms with E-state index in [9.17, 15) is 0 Å². The van der Waals surface area contributed by atoms with Gasteiger partial charge in [0.2, 0.25) is 0 Å². The molecule has 0 unspecified atom stereocenters. The van der Waals surface area contributed by atoms with Crippen LogP contribution in [-0.2, 0) is 0 Å². The molecule has 1 heteroatoms. The van der Waals surface area contributed by atoms with E-state index in [1.54, 1.807) is 0 Å². The van der Waals surface area contributed by atoms with Gasteiger partial charge in [-0.25, -0.2) is 0 Å². The Morgan fingerprint density at radius 1 is 1.15 bits per heavy atom. The van der Waals surface area contributed by atoms with Crippen LogP contribution in [-0.4, -0.2) is 6.54 Å². The van der Waals surface area contributed by atoms with Gasteiger partial charge in [0.05, 0.1) is 0 Å². The first-order valence-corrected chi connectivity index (χ1v) is 5.16. The van der Waals surface area contributed by atoms with Gasteiger partial charge in [-0.3, -0.25) is 0 Å². The Labute approximate surface area is 81.2 Å². The number of hydrogen-bond donors (Lipinski definition) is 1. The SMILES string of the molecule is CCCN[C@@H](CC)c1ccccc1. The minimum atomic E-state index is 0.529. The molecule has 13 heavy (non-hydrogen) atoms. The van der Waals surface area contributed by atoms with Gasteiger partial charge in [-0.15, -0.1) is 0 Å². The van der Waals surface area contributed by atoms with E-state index in [-0.39, 0.29) is 0 Å². The third kappa shape index (κ3) is 3.19. The Kier molecular flexibility index (Phi) is 4.55. The van der Waals surface area contributed by atoms with Crippen LogP contribution in [0.25, 0.3) is 0 Å². The smallest absolute Gasteiger partial charge is 0.0317 e. The van der Waals surface area contributed by atoms with Crippen molar-refractivity contribution in [3.63, 3.8) is 0 Å². The fraction of sp³-hybridized carbons (Fsp3) is 0.500. The third-order valence-electron chi connectivity index (χ3n) is 2.25. The quantitative estimate of drug-likeness (QED) is 0.728. The van der Waals surface area contributed by atoms with Crippen LogP contribution >= 0.6 is 0 Å². The van der Waals surface area contributed by atoms with E-state index >= 15 is 0 Å². The van der Waals surface area contributed by atoms with Crippen LogP contribution in [0.15, 0.2) is 30.3 Å². The normalized spacial score (nSPS) is 12.8. The van der Waals surface area contributed by atoms with Crippen molar-refractivity contribution in [2.75, 3.05) is 6.54 Å². The largest absolute Gasteiger partial charge is 0.310 e. The summed E-state index contributed by atoms with van der Waals surface area (Å²) in [6, 6.07) is 11.2. The summed E-state index contributed by atoms with van der Waals surface area (Å²) < 4.78 is 0. The Bertz CT molecular complexity index is 218. The van der Waals surface area contributed by atoms with Crippen LogP contribution in [0, 0.1) is 0 Å². The van der Waals surface area contributed by atoms with Crippen LogP contribution in [0.2, 0.25) is 0 Å². The lowest BCUT2D eigenvalue weighted by Crippen LogP contribution is -2.21. The molecule has 0 aliphatic heterocycles. The zero-order valence-electron chi connectivity index (χ0n) is 8.59. The molecule has 0 fully saturated rings. The summed E-state index contributed by atoms with van der Waals surface area (Å²) in [7, 11) is 0. The van der Waals surface area contributed by atoms with E-state index in [1.807, 2.05) is 0 Å². The maximum absolute atomic E-state index is 3.54. The Hall–Kier alpha value is -0.820. The predicted octanol–water partition coefficient (Wildman–Crippen LogP) is 3.14. The molecule has 1 N–H and O–H groups in total. The van der Waals surface area contributed by atoms with E-state index in [2.05, 4.69) is 49.5 Å². The molecule has 1 rings (SSSR count). The Morgan fingerprint density at radius 3 is 2.38 bits per heavy atom. The van der Waals surface area contributed by atoms with Crippen LogP contribution in [0.4, 0.5) is 0 Å². The van der Waals surface area contributed by atoms with E-state index in [1.165, 1.54) is 12.0 Å². The Balaban J connectivity index is 2.56. The summed E-state index contributed by atoms with van der Waals surface area (Å²) in [5.41, 5.74) is 1.40. The van der Waals surface area contributed by atoms with E-state index in [0.29, 0.717) is 6.04 Å². The maximum atomic E-state index is 3.54. The summed E-state index contributed by atoms with van der Waals surface area (Å²) in [4.78, 5) is 0. The molecule has 0 radical (unpaired) electrons. The molecule has 1 nitrogen and oxygen atoms in total. The first-order valence-electron chi connectivity index (χ1n) is 5.16. The fourth-order valence-corrected chi connectivity index (χ4v) is 1.50. The van der Waals surface area contributed by atoms with Gasteiger partial charge in [-0.2, -0.15) is 0 Å². The molecule has 0 aliphatic carbocycles. The first kappa shape index (κ1) is 10.3. The third-order valence-corrected chi connectivity index (χ3v) is 2.25. The molecule has 1 atom stereocenters. The first-order chi connectivity index (χ1) is 6.38. The molecule has 0 saturated carbocycles. The van der Waals surface area contributed by atoms with Crippen molar-refractivity contribution < 1.29 is 0 Å². The highest BCUT2D eigenvalue weighted by molar-refractivity contribution is 5.18. The fourth-order valence-electron chi connectivity index (χ4n) is 1.50. The predicted molar refractivity (Wildman–Crippen MR) is 57.8 cm³/mol. The summed E-state index contributed by atoms with van der Waals surface area (Å²) in [6.07, 6.45) is 2.35. The number of hydrogen-bond acceptors (Lipinski definition) is 1. The van der Waals surface area contributed by atoms with E-state index < -0.39 is 0 Å². The van der Waals surface area contributed by atoms with Gasteiger partial charge in [0.25, 0.3) is 0 Å². The standard InChI is InChI=1S/C12H19N/c1-3-10-13-12(4-2)11-8-6-5-7-9-11/h5-9,12-13H,3-4,10H2,1-2H3/t12-/m0/s1. The van der Waals surface area contributed by atoms with Crippen molar-refractivity contribution in [3.05, 3.63) is 35.9 Å². The summed E-state index contributed by atoms with van der Waals surface area (Å²) in [5, 5.41) is 3.54. The van der Waals surface area contributed by atoms with E-state index in [4.69, 9.17) is 0 Å². The molecule has 0 aliphatic rings. The molecule has 0 saturated heterocycles. The van der Waals surface area contributed by atoms with Crippen molar-refractivity contribution in [1.82, 2.24) is 5.32 Å². The number of nitrogens with one attached hydrogen (secondary N) is 1. The highest BCUT2D eigenvalue weighted by Gasteiger charge is 2.05. The summed E-state index contributed by atoms with van der Waals surface area (Å²) in [5.74, 6) is 0. The molecule has 72 valence electrons. The van der Waals surface area contributed by atoms with E-state index in [0.717, 1.165) is 13.0 Å². The minimum absolute atomic E-state index is 0.529. The van der Waals surface area contributed by atoms with Crippen molar-refractivity contribution >= 4 is 0 Å². The van der Waals surface area contributed by atoms with Gasteiger partial charge in [-0.05, 0) is 24.9 Å². The lowest BCUT2D eigenvalue weighted by molar-refractivity contribution is 0.518. The van der Waals surface area contributed by atoms with Crippen molar-refractivity contribution in [2.24, 2.45) is 0 Å². The van der Waals surface area contributed by atoms with Gasteiger partial charge in [0, 0.05) is 6.04 Å². The zero-order valence-corrected chi connectivity index (χ0v) is 8.59. The second kappa shape index (κ2) is 5.76. The molecular formula is C12H19N. The summed E-state index contributed by atoms with van der Waals surface area (Å²) >= 11 is 0. The highest BCUT2D eigenvalue weighted by Crippen LogP contribution is 2.15. The number of benzene rings is 1. The average Bonchev–Trinajstić information content (AvgIpc) is 2.21. The van der Waals surface area contributed by atoms with Gasteiger partial charge in [-0.1, -0.05) is 44.2 Å². The highest BCUT2D eigenvalue weighted by atomic mass is 14.9. The second-order valence-corrected chi connectivity index (χ2v) is 3.33. The maximum Gasteiger partial charge on any atom is 0.0317 e. The van der Waals surface area contributed by atoms with Gasteiger partial charge in [0.15, 0.2) is 0 Å². The lowest BCUT2D eigenvalue weighted by Gasteiger charge is -2.16. The lowest BCUT2D eigenvalue weighted by atomic mass is 10.0. The number of rotatable bonds is 5. The molecule has 0 aromatic heterocycles. The Morgan fingerprint density at radius 2 is 1.85 bits per heavy atom. The van der Waals surface area contributed by atoms with Crippen molar-refractivity contribution in [2.45, 2.75) is 32.7 Å². The van der Waals surface area contributed by atoms with Crippen LogP contribution in [0.1, 0.15) is 38.3 Å². The van der Waals surface area contributed by atoms with Crippen LogP contribution in [0.3, 0.4) is 0 Å². The molecule has 0 spiro atoms. The van der Waals surface area contributed by atoms with Crippen LogP contribution in [0.5, 0.6) is 0 Å². The molecule has 0 amide bonds.